The highest BCUT2D eigenvalue weighted by molar-refractivity contribution is 5.81. The second kappa shape index (κ2) is 8.90. The van der Waals surface area contributed by atoms with E-state index in [-0.39, 0.29) is 35.5 Å². The lowest BCUT2D eigenvalue weighted by Gasteiger charge is -2.62. The Kier molecular flexibility index (Phi) is 6.68. The number of aliphatic hydroxyl groups excluding tert-OH is 2. The summed E-state index contributed by atoms with van der Waals surface area (Å²) in [4.78, 5) is 22.7. The van der Waals surface area contributed by atoms with Crippen LogP contribution < -0.4 is 5.32 Å². The lowest BCUT2D eigenvalue weighted by molar-refractivity contribution is -0.174. The van der Waals surface area contributed by atoms with Crippen molar-refractivity contribution in [3.05, 3.63) is 0 Å². The van der Waals surface area contributed by atoms with Crippen molar-refractivity contribution >= 4 is 11.9 Å². The Bertz CT molecular complexity index is 727. The topological polar surface area (TPSA) is 107 Å². The predicted molar refractivity (Wildman–Crippen MR) is 122 cm³/mol. The normalized spacial score (nSPS) is 46.5. The molecule has 0 aromatic heterocycles. The molecule has 4 N–H and O–H groups in total. The van der Waals surface area contributed by atoms with Gasteiger partial charge in [-0.2, -0.15) is 0 Å². The number of carbonyl (C=O) groups excluding carboxylic acids is 1. The molecule has 4 aliphatic carbocycles. The minimum atomic E-state index is -1.01. The van der Waals surface area contributed by atoms with Crippen molar-refractivity contribution in [2.24, 2.45) is 46.3 Å². The van der Waals surface area contributed by atoms with Gasteiger partial charge in [-0.15, -0.1) is 0 Å². The minimum absolute atomic E-state index is 0.177. The molecule has 6 heteroatoms. The van der Waals surface area contributed by atoms with E-state index in [2.05, 4.69) is 26.1 Å². The number of amides is 1. The van der Waals surface area contributed by atoms with E-state index in [1.807, 2.05) is 0 Å². The van der Waals surface area contributed by atoms with Crippen LogP contribution in [0, 0.1) is 46.3 Å². The molecular formula is C26H43NO5. The van der Waals surface area contributed by atoms with Gasteiger partial charge in [-0.1, -0.05) is 20.8 Å². The molecule has 4 saturated carbocycles. The summed E-state index contributed by atoms with van der Waals surface area (Å²) >= 11 is 0. The Morgan fingerprint density at radius 1 is 1.00 bits per heavy atom. The summed E-state index contributed by atoms with van der Waals surface area (Å²) in [5.41, 5.74) is 0.451. The first-order chi connectivity index (χ1) is 15.1. The van der Waals surface area contributed by atoms with Crippen LogP contribution in [0.3, 0.4) is 0 Å². The third kappa shape index (κ3) is 4.11. The average molecular weight is 450 g/mol. The van der Waals surface area contributed by atoms with E-state index in [0.29, 0.717) is 41.9 Å². The Labute approximate surface area is 192 Å². The quantitative estimate of drug-likeness (QED) is 0.496. The van der Waals surface area contributed by atoms with E-state index in [1.54, 1.807) is 0 Å². The first-order valence-corrected chi connectivity index (χ1v) is 12.9. The van der Waals surface area contributed by atoms with Crippen LogP contribution in [0.1, 0.15) is 85.0 Å². The Morgan fingerprint density at radius 2 is 1.69 bits per heavy atom. The number of nitrogens with one attached hydrogen (secondary N) is 1. The molecule has 0 aromatic rings. The summed E-state index contributed by atoms with van der Waals surface area (Å²) in [6.07, 6.45) is 9.06. The van der Waals surface area contributed by atoms with Gasteiger partial charge < -0.3 is 20.6 Å². The van der Waals surface area contributed by atoms with Crippen molar-refractivity contribution in [3.8, 4) is 0 Å². The first kappa shape index (κ1) is 24.0. The summed E-state index contributed by atoms with van der Waals surface area (Å²) in [6.45, 7) is 6.83. The lowest BCUT2D eigenvalue weighted by atomic mass is 9.43. The molecule has 4 fully saturated rings. The molecule has 0 spiro atoms. The number of aliphatic carboxylic acids is 1. The van der Waals surface area contributed by atoms with Crippen molar-refractivity contribution < 1.29 is 24.9 Å². The van der Waals surface area contributed by atoms with E-state index >= 15 is 0 Å². The largest absolute Gasteiger partial charge is 0.480 e. The highest BCUT2D eigenvalue weighted by Crippen LogP contribution is 2.68. The predicted octanol–water partition coefficient (Wildman–Crippen LogP) is 3.59. The zero-order chi connectivity index (χ0) is 23.3. The Hall–Kier alpha value is -1.14. The molecule has 0 aliphatic heterocycles. The molecule has 0 saturated heterocycles. The molecule has 0 radical (unpaired) electrons. The summed E-state index contributed by atoms with van der Waals surface area (Å²) in [7, 11) is 0. The van der Waals surface area contributed by atoms with Gasteiger partial charge in [-0.25, -0.2) is 0 Å². The third-order valence-electron chi connectivity index (χ3n) is 10.7. The van der Waals surface area contributed by atoms with Crippen molar-refractivity contribution in [2.75, 3.05) is 6.54 Å². The number of hydrogen-bond donors (Lipinski definition) is 4. The average Bonchev–Trinajstić information content (AvgIpc) is 3.09. The summed E-state index contributed by atoms with van der Waals surface area (Å²) in [5, 5.41) is 32.8. The van der Waals surface area contributed by atoms with E-state index in [4.69, 9.17) is 5.11 Å². The zero-order valence-electron chi connectivity index (χ0n) is 20.1. The van der Waals surface area contributed by atoms with Crippen LogP contribution in [0.4, 0.5) is 0 Å². The van der Waals surface area contributed by atoms with Crippen LogP contribution in [0.15, 0.2) is 0 Å². The van der Waals surface area contributed by atoms with Gasteiger partial charge in [-0.05, 0) is 104 Å². The second-order valence-electron chi connectivity index (χ2n) is 12.1. The van der Waals surface area contributed by atoms with Crippen LogP contribution in [0.25, 0.3) is 0 Å². The molecule has 0 heterocycles. The number of carboxylic acid groups (broad SMARTS) is 1. The van der Waals surface area contributed by atoms with Crippen LogP contribution in [0.2, 0.25) is 0 Å². The summed E-state index contributed by atoms with van der Waals surface area (Å²) in [6, 6.07) is 0. The summed E-state index contributed by atoms with van der Waals surface area (Å²) in [5.74, 6) is 1.66. The van der Waals surface area contributed by atoms with Crippen LogP contribution in [-0.2, 0) is 9.59 Å². The van der Waals surface area contributed by atoms with Gasteiger partial charge in [0.2, 0.25) is 5.91 Å². The van der Waals surface area contributed by atoms with E-state index < -0.39 is 5.97 Å². The van der Waals surface area contributed by atoms with Gasteiger partial charge in [0.05, 0.1) is 12.2 Å². The summed E-state index contributed by atoms with van der Waals surface area (Å²) < 4.78 is 0. The van der Waals surface area contributed by atoms with E-state index in [1.165, 1.54) is 12.8 Å². The lowest BCUT2D eigenvalue weighted by Crippen LogP contribution is -2.58. The maximum Gasteiger partial charge on any atom is 0.322 e. The van der Waals surface area contributed by atoms with Crippen molar-refractivity contribution in [1.82, 2.24) is 5.32 Å². The number of aliphatic hydroxyl groups is 2. The third-order valence-corrected chi connectivity index (χ3v) is 10.7. The Morgan fingerprint density at radius 3 is 2.41 bits per heavy atom. The second-order valence-corrected chi connectivity index (χ2v) is 12.1. The first-order valence-electron chi connectivity index (χ1n) is 12.9. The molecule has 0 unspecified atom stereocenters. The fourth-order valence-corrected chi connectivity index (χ4v) is 9.00. The standard InChI is InChI=1S/C26H43NO5/c1-15(4-7-22(30)27-14-23(31)32)18-5-6-19-24-20(9-11-26(18,19)3)25(2)10-8-17(28)12-16(25)13-21(24)29/h15-21,24,28-29H,4-14H2,1-3H3,(H,27,30)(H,31,32)/t15-,16+,17-,18-,19-,20+,21-,24-,25+,26-/m1/s1. The van der Waals surface area contributed by atoms with Crippen molar-refractivity contribution in [3.63, 3.8) is 0 Å². The van der Waals surface area contributed by atoms with Crippen molar-refractivity contribution in [1.29, 1.82) is 0 Å². The van der Waals surface area contributed by atoms with Gasteiger partial charge >= 0.3 is 5.97 Å². The van der Waals surface area contributed by atoms with Gasteiger partial charge in [0.15, 0.2) is 0 Å². The minimum Gasteiger partial charge on any atom is -0.480 e. The molecule has 0 aromatic carbocycles. The molecule has 4 aliphatic rings. The molecule has 1 amide bonds. The number of carbonyl (C=O) groups is 2. The van der Waals surface area contributed by atoms with Crippen LogP contribution in [0.5, 0.6) is 0 Å². The van der Waals surface area contributed by atoms with Crippen molar-refractivity contribution in [2.45, 2.75) is 97.2 Å². The fourth-order valence-electron chi connectivity index (χ4n) is 9.00. The van der Waals surface area contributed by atoms with Crippen LogP contribution >= 0.6 is 0 Å². The van der Waals surface area contributed by atoms with Gasteiger partial charge in [0.1, 0.15) is 6.54 Å². The number of carboxylic acids is 1. The molecule has 10 atom stereocenters. The van der Waals surface area contributed by atoms with Gasteiger partial charge in [0.25, 0.3) is 0 Å². The Balaban J connectivity index is 1.44. The maximum atomic E-state index is 12.0. The highest BCUT2D eigenvalue weighted by atomic mass is 16.4. The zero-order valence-corrected chi connectivity index (χ0v) is 20.1. The van der Waals surface area contributed by atoms with Gasteiger partial charge in [-0.3, -0.25) is 9.59 Å². The number of hydrogen-bond acceptors (Lipinski definition) is 4. The molecule has 0 bridgehead atoms. The number of fused-ring (bicyclic) bond motifs is 5. The maximum absolute atomic E-state index is 12.0. The molecule has 4 rings (SSSR count). The fraction of sp³-hybridized carbons (Fsp3) is 0.923. The smallest absolute Gasteiger partial charge is 0.322 e. The monoisotopic (exact) mass is 449 g/mol. The molecule has 6 nitrogen and oxygen atoms in total. The highest BCUT2D eigenvalue weighted by Gasteiger charge is 2.62. The van der Waals surface area contributed by atoms with E-state index in [9.17, 15) is 19.8 Å². The van der Waals surface area contributed by atoms with E-state index in [0.717, 1.165) is 44.9 Å². The molecular weight excluding hydrogens is 406 g/mol. The van der Waals surface area contributed by atoms with Gasteiger partial charge in [0, 0.05) is 6.42 Å². The number of rotatable bonds is 6. The molecule has 32 heavy (non-hydrogen) atoms. The molecule has 182 valence electrons. The van der Waals surface area contributed by atoms with Crippen LogP contribution in [-0.4, -0.2) is 45.9 Å². The SMILES string of the molecule is C[C@H](CCC(=O)NCC(=O)O)[C@H]1CC[C@@H]2[C@H]3[C@H](O)C[C@@H]4C[C@H](O)CC[C@]4(C)[C@H]3CC[C@@]21C.